The quantitative estimate of drug-likeness (QED) is 0.194. The Morgan fingerprint density at radius 1 is 1.04 bits per heavy atom. The zero-order valence-corrected chi connectivity index (χ0v) is 27.2. The van der Waals surface area contributed by atoms with Crippen LogP contribution in [0.4, 0.5) is 23.9 Å². The van der Waals surface area contributed by atoms with Crippen LogP contribution in [0.15, 0.2) is 60.9 Å². The average Bonchev–Trinajstić information content (AvgIpc) is 3.02. The van der Waals surface area contributed by atoms with Gasteiger partial charge in [-0.3, -0.25) is 0 Å². The molecule has 0 aliphatic carbocycles. The highest BCUT2D eigenvalue weighted by Crippen LogP contribution is 2.38. The average molecular weight is 652 g/mol. The van der Waals surface area contributed by atoms with Gasteiger partial charge in [0, 0.05) is 44.0 Å². The Balaban J connectivity index is 1.37. The molecule has 3 heterocycles. The number of nitrogens with one attached hydrogen (secondary N) is 1. The molecule has 0 saturated carbocycles. The van der Waals surface area contributed by atoms with Crippen LogP contribution in [-0.2, 0) is 15.9 Å². The molecule has 1 saturated heterocycles. The summed E-state index contributed by atoms with van der Waals surface area (Å²) in [5.74, 6) is 1.29. The molecule has 1 fully saturated rings. The second-order valence-electron chi connectivity index (χ2n) is 12.7. The van der Waals surface area contributed by atoms with E-state index in [9.17, 15) is 18.0 Å². The lowest BCUT2D eigenvalue weighted by Crippen LogP contribution is -2.47. The van der Waals surface area contributed by atoms with Crippen LogP contribution in [0, 0.1) is 6.92 Å². The van der Waals surface area contributed by atoms with Crippen molar-refractivity contribution in [1.82, 2.24) is 19.9 Å². The Bertz CT molecular complexity index is 1710. The molecule has 1 aliphatic rings. The summed E-state index contributed by atoms with van der Waals surface area (Å²) in [6, 6.07) is 14.7. The lowest BCUT2D eigenvalue weighted by molar-refractivity contribution is -0.214. The van der Waals surface area contributed by atoms with Crippen molar-refractivity contribution in [2.45, 2.75) is 77.3 Å². The zero-order valence-electron chi connectivity index (χ0n) is 27.2. The maximum atomic E-state index is 13.3. The summed E-state index contributed by atoms with van der Waals surface area (Å²) in [4.78, 5) is 28.0. The monoisotopic (exact) mass is 651 g/mol. The number of hydrogen-bond acceptors (Lipinski definition) is 8. The van der Waals surface area contributed by atoms with Crippen molar-refractivity contribution in [3.05, 3.63) is 72.1 Å². The summed E-state index contributed by atoms with van der Waals surface area (Å²) < 4.78 is 56.7. The summed E-state index contributed by atoms with van der Waals surface area (Å²) in [5, 5.41) is 4.92. The number of amides is 1. The van der Waals surface area contributed by atoms with E-state index in [4.69, 9.17) is 19.2 Å². The number of hydrogen-bond donors (Lipinski definition) is 1. The van der Waals surface area contributed by atoms with Gasteiger partial charge >= 0.3 is 12.3 Å². The lowest BCUT2D eigenvalue weighted by atomic mass is 9.97. The molecule has 1 N–H and O–H groups in total. The molecular formula is C35H40F3N5O4. The van der Waals surface area contributed by atoms with Gasteiger partial charge in [-0.25, -0.2) is 19.7 Å². The van der Waals surface area contributed by atoms with Crippen LogP contribution in [0.5, 0.6) is 11.6 Å². The van der Waals surface area contributed by atoms with Crippen LogP contribution >= 0.6 is 0 Å². The third kappa shape index (κ3) is 8.48. The SMILES string of the molecule is CO[C@@H](CCc1cccc2c(Oc3ncccc3-c3ccnc(N[C@H]4CCCN(C(=O)OC(C)(C)C)C4)n3)c(C)ccc12)C(F)(F)F. The van der Waals surface area contributed by atoms with E-state index < -0.39 is 17.9 Å². The zero-order chi connectivity index (χ0) is 33.8. The number of nitrogens with zero attached hydrogens (tertiary/aromatic N) is 4. The third-order valence-electron chi connectivity index (χ3n) is 7.93. The number of methoxy groups -OCH3 is 1. The van der Waals surface area contributed by atoms with Crippen molar-refractivity contribution >= 4 is 22.8 Å². The summed E-state index contributed by atoms with van der Waals surface area (Å²) >= 11 is 0. The number of carbonyl (C=O) groups excluding carboxylic acids is 1. The van der Waals surface area contributed by atoms with Gasteiger partial charge in [-0.1, -0.05) is 30.3 Å². The van der Waals surface area contributed by atoms with Crippen molar-refractivity contribution in [2.24, 2.45) is 0 Å². The van der Waals surface area contributed by atoms with Gasteiger partial charge in [0.25, 0.3) is 0 Å². The van der Waals surface area contributed by atoms with Crippen molar-refractivity contribution in [3.63, 3.8) is 0 Å². The highest BCUT2D eigenvalue weighted by atomic mass is 19.4. The number of alkyl halides is 3. The van der Waals surface area contributed by atoms with Crippen LogP contribution in [-0.4, -0.2) is 70.1 Å². The van der Waals surface area contributed by atoms with Gasteiger partial charge in [0.1, 0.15) is 11.4 Å². The minimum atomic E-state index is -4.44. The molecule has 2 aromatic carbocycles. The Morgan fingerprint density at radius 3 is 2.60 bits per heavy atom. The molecule has 1 aliphatic heterocycles. The fourth-order valence-electron chi connectivity index (χ4n) is 5.67. The van der Waals surface area contributed by atoms with E-state index in [1.807, 2.05) is 64.1 Å². The van der Waals surface area contributed by atoms with Gasteiger partial charge in [-0.2, -0.15) is 13.2 Å². The molecule has 250 valence electrons. The maximum absolute atomic E-state index is 13.3. The number of ether oxygens (including phenoxy) is 3. The van der Waals surface area contributed by atoms with E-state index in [0.29, 0.717) is 41.9 Å². The molecule has 0 spiro atoms. The van der Waals surface area contributed by atoms with E-state index in [1.54, 1.807) is 29.4 Å². The number of aryl methyl sites for hydroxylation is 2. The number of pyridine rings is 1. The minimum Gasteiger partial charge on any atom is -0.444 e. The normalized spacial score (nSPS) is 16.2. The highest BCUT2D eigenvalue weighted by molar-refractivity contribution is 5.92. The Labute approximate surface area is 272 Å². The first-order valence-corrected chi connectivity index (χ1v) is 15.6. The van der Waals surface area contributed by atoms with Gasteiger partial charge in [0.05, 0.1) is 11.3 Å². The number of carbonyl (C=O) groups is 1. The smallest absolute Gasteiger partial charge is 0.414 e. The molecule has 2 aromatic heterocycles. The Kier molecular flexibility index (Phi) is 10.2. The number of likely N-dealkylation sites (tertiary alicyclic amines) is 1. The Hall–Kier alpha value is -4.45. The van der Waals surface area contributed by atoms with Gasteiger partial charge in [-0.05, 0) is 88.1 Å². The van der Waals surface area contributed by atoms with E-state index in [2.05, 4.69) is 15.3 Å². The number of halogens is 3. The molecular weight excluding hydrogens is 611 g/mol. The fourth-order valence-corrected chi connectivity index (χ4v) is 5.67. The van der Waals surface area contributed by atoms with Crippen LogP contribution in [0.2, 0.25) is 0 Å². The van der Waals surface area contributed by atoms with Gasteiger partial charge < -0.3 is 24.4 Å². The number of piperidine rings is 1. The summed E-state index contributed by atoms with van der Waals surface area (Å²) in [5.41, 5.74) is 2.25. The molecule has 47 heavy (non-hydrogen) atoms. The molecule has 0 bridgehead atoms. The van der Waals surface area contributed by atoms with Crippen LogP contribution < -0.4 is 10.1 Å². The standard InChI is InChI=1S/C35H40F3N5O4/c1-22-13-15-25-23(14-16-29(45-5)35(36,37)38)9-6-11-26(25)30(22)46-31-27(12-7-18-39-31)28-17-19-40-32(42-28)41-24-10-8-20-43(21-24)33(44)47-34(2,3)4/h6-7,9,11-13,15,17-19,24,29H,8,10,14,16,20-21H2,1-5H3,(H,40,41,42)/t24-,29-/m0/s1. The number of anilines is 1. The second kappa shape index (κ2) is 14.1. The number of benzene rings is 2. The molecule has 5 rings (SSSR count). The maximum Gasteiger partial charge on any atom is 0.414 e. The van der Waals surface area contributed by atoms with E-state index in [-0.39, 0.29) is 25.0 Å². The topological polar surface area (TPSA) is 98.7 Å². The van der Waals surface area contributed by atoms with Gasteiger partial charge in [0.2, 0.25) is 11.8 Å². The Morgan fingerprint density at radius 2 is 1.85 bits per heavy atom. The molecule has 0 radical (unpaired) electrons. The lowest BCUT2D eigenvalue weighted by Gasteiger charge is -2.34. The first kappa shape index (κ1) is 33.9. The minimum absolute atomic E-state index is 0.0565. The molecule has 1 amide bonds. The van der Waals surface area contributed by atoms with Crippen molar-refractivity contribution in [1.29, 1.82) is 0 Å². The third-order valence-corrected chi connectivity index (χ3v) is 7.93. The van der Waals surface area contributed by atoms with Gasteiger partial charge in [0.15, 0.2) is 6.10 Å². The molecule has 0 unspecified atom stereocenters. The van der Waals surface area contributed by atoms with Crippen molar-refractivity contribution < 1.29 is 32.2 Å². The largest absolute Gasteiger partial charge is 0.444 e. The fraction of sp³-hybridized carbons (Fsp3) is 0.429. The van der Waals surface area contributed by atoms with E-state index in [1.165, 1.54) is 0 Å². The predicted octanol–water partition coefficient (Wildman–Crippen LogP) is 8.11. The van der Waals surface area contributed by atoms with Crippen molar-refractivity contribution in [3.8, 4) is 22.9 Å². The number of rotatable bonds is 9. The van der Waals surface area contributed by atoms with Crippen LogP contribution in [0.3, 0.4) is 0 Å². The molecule has 9 nitrogen and oxygen atoms in total. The molecule has 4 aromatic rings. The van der Waals surface area contributed by atoms with E-state index >= 15 is 0 Å². The summed E-state index contributed by atoms with van der Waals surface area (Å²) in [7, 11) is 1.08. The highest BCUT2D eigenvalue weighted by Gasteiger charge is 2.39. The molecule has 12 heteroatoms. The first-order valence-electron chi connectivity index (χ1n) is 15.6. The van der Waals surface area contributed by atoms with Crippen molar-refractivity contribution in [2.75, 3.05) is 25.5 Å². The second-order valence-corrected chi connectivity index (χ2v) is 12.7. The van der Waals surface area contributed by atoms with Crippen LogP contribution in [0.1, 0.15) is 51.2 Å². The molecule has 2 atom stereocenters. The number of aromatic nitrogens is 3. The summed E-state index contributed by atoms with van der Waals surface area (Å²) in [6.07, 6.45) is -1.70. The predicted molar refractivity (Wildman–Crippen MR) is 174 cm³/mol. The number of fused-ring (bicyclic) bond motifs is 1. The van der Waals surface area contributed by atoms with Crippen LogP contribution in [0.25, 0.3) is 22.0 Å². The van der Waals surface area contributed by atoms with Gasteiger partial charge in [-0.15, -0.1) is 0 Å². The first-order chi connectivity index (χ1) is 22.3. The van der Waals surface area contributed by atoms with E-state index in [0.717, 1.165) is 41.9 Å². The summed E-state index contributed by atoms with van der Waals surface area (Å²) in [6.45, 7) is 8.54.